The van der Waals surface area contributed by atoms with Gasteiger partial charge in [-0.2, -0.15) is 0 Å². The van der Waals surface area contributed by atoms with Crippen molar-refractivity contribution in [3.63, 3.8) is 0 Å². The second-order valence-electron chi connectivity index (χ2n) is 6.00. The SMILES string of the molecule is CCCCC[C@@H](C)NC(=O)c1ccc(Cl)c(NC(=O)c2cccs2)c1. The van der Waals surface area contributed by atoms with Gasteiger partial charge in [0.2, 0.25) is 0 Å². The zero-order chi connectivity index (χ0) is 18.2. The molecule has 25 heavy (non-hydrogen) atoms. The van der Waals surface area contributed by atoms with Crippen molar-refractivity contribution >= 4 is 40.4 Å². The molecule has 0 aliphatic rings. The van der Waals surface area contributed by atoms with E-state index < -0.39 is 0 Å². The molecule has 0 aliphatic heterocycles. The van der Waals surface area contributed by atoms with Gasteiger partial charge in [-0.3, -0.25) is 9.59 Å². The van der Waals surface area contributed by atoms with Gasteiger partial charge in [0.1, 0.15) is 0 Å². The number of benzene rings is 1. The van der Waals surface area contributed by atoms with E-state index in [1.807, 2.05) is 18.4 Å². The smallest absolute Gasteiger partial charge is 0.265 e. The molecule has 2 amide bonds. The Bertz CT molecular complexity index is 716. The van der Waals surface area contributed by atoms with Gasteiger partial charge < -0.3 is 10.6 Å². The topological polar surface area (TPSA) is 58.2 Å². The van der Waals surface area contributed by atoms with Gasteiger partial charge >= 0.3 is 0 Å². The maximum absolute atomic E-state index is 12.4. The second kappa shape index (κ2) is 9.59. The number of nitrogens with one attached hydrogen (secondary N) is 2. The third kappa shape index (κ3) is 5.87. The van der Waals surface area contributed by atoms with Crippen molar-refractivity contribution in [2.45, 2.75) is 45.6 Å². The molecule has 4 nitrogen and oxygen atoms in total. The zero-order valence-electron chi connectivity index (χ0n) is 14.5. The Morgan fingerprint density at radius 3 is 2.68 bits per heavy atom. The molecule has 1 aromatic carbocycles. The lowest BCUT2D eigenvalue weighted by molar-refractivity contribution is 0.0936. The van der Waals surface area contributed by atoms with Crippen LogP contribution in [0, 0.1) is 0 Å². The summed E-state index contributed by atoms with van der Waals surface area (Å²) in [5.74, 6) is -0.394. The molecule has 6 heteroatoms. The molecule has 2 N–H and O–H groups in total. The highest BCUT2D eigenvalue weighted by molar-refractivity contribution is 7.12. The van der Waals surface area contributed by atoms with Crippen LogP contribution in [-0.4, -0.2) is 17.9 Å². The number of carbonyl (C=O) groups is 2. The molecule has 0 radical (unpaired) electrons. The quantitative estimate of drug-likeness (QED) is 0.608. The fourth-order valence-corrected chi connectivity index (χ4v) is 3.22. The summed E-state index contributed by atoms with van der Waals surface area (Å²) in [5, 5.41) is 7.99. The number of thiophene rings is 1. The van der Waals surface area contributed by atoms with Gasteiger partial charge in [0.15, 0.2) is 0 Å². The Morgan fingerprint density at radius 1 is 1.20 bits per heavy atom. The first-order valence-electron chi connectivity index (χ1n) is 8.46. The van der Waals surface area contributed by atoms with Gasteiger partial charge in [-0.25, -0.2) is 0 Å². The summed E-state index contributed by atoms with van der Waals surface area (Å²) in [6, 6.07) is 8.56. The van der Waals surface area contributed by atoms with Crippen LogP contribution in [0.4, 0.5) is 5.69 Å². The molecule has 0 fully saturated rings. The van der Waals surface area contributed by atoms with Crippen molar-refractivity contribution in [3.05, 3.63) is 51.2 Å². The highest BCUT2D eigenvalue weighted by Gasteiger charge is 2.14. The number of unbranched alkanes of at least 4 members (excludes halogenated alkanes) is 2. The van der Waals surface area contributed by atoms with E-state index in [4.69, 9.17) is 11.6 Å². The van der Waals surface area contributed by atoms with Crippen molar-refractivity contribution in [3.8, 4) is 0 Å². The number of carbonyl (C=O) groups excluding carboxylic acids is 2. The van der Waals surface area contributed by atoms with E-state index in [1.165, 1.54) is 17.8 Å². The lowest BCUT2D eigenvalue weighted by Gasteiger charge is -2.14. The summed E-state index contributed by atoms with van der Waals surface area (Å²) in [4.78, 5) is 25.2. The summed E-state index contributed by atoms with van der Waals surface area (Å²) in [7, 11) is 0. The van der Waals surface area contributed by atoms with Crippen LogP contribution < -0.4 is 10.6 Å². The van der Waals surface area contributed by atoms with Crippen molar-refractivity contribution in [2.75, 3.05) is 5.32 Å². The lowest BCUT2D eigenvalue weighted by Crippen LogP contribution is -2.32. The molecule has 0 bridgehead atoms. The molecule has 1 atom stereocenters. The number of hydrogen-bond donors (Lipinski definition) is 2. The van der Waals surface area contributed by atoms with Crippen LogP contribution >= 0.6 is 22.9 Å². The molecule has 0 spiro atoms. The van der Waals surface area contributed by atoms with E-state index in [9.17, 15) is 9.59 Å². The predicted octanol–water partition coefficient (Wildman–Crippen LogP) is 5.35. The van der Waals surface area contributed by atoms with Crippen molar-refractivity contribution < 1.29 is 9.59 Å². The number of halogens is 1. The summed E-state index contributed by atoms with van der Waals surface area (Å²) in [6.45, 7) is 4.16. The van der Waals surface area contributed by atoms with Crippen molar-refractivity contribution in [2.24, 2.45) is 0 Å². The number of amides is 2. The Hall–Kier alpha value is -1.85. The average molecular weight is 379 g/mol. The number of hydrogen-bond acceptors (Lipinski definition) is 3. The van der Waals surface area contributed by atoms with E-state index in [1.54, 1.807) is 24.3 Å². The maximum atomic E-state index is 12.4. The molecule has 0 unspecified atom stereocenters. The highest BCUT2D eigenvalue weighted by atomic mass is 35.5. The van der Waals surface area contributed by atoms with Crippen molar-refractivity contribution in [1.29, 1.82) is 0 Å². The van der Waals surface area contributed by atoms with Gasteiger partial charge in [0.25, 0.3) is 11.8 Å². The highest BCUT2D eigenvalue weighted by Crippen LogP contribution is 2.24. The zero-order valence-corrected chi connectivity index (χ0v) is 16.0. The van der Waals surface area contributed by atoms with Crippen LogP contribution in [0.15, 0.2) is 35.7 Å². The Morgan fingerprint density at radius 2 is 2.00 bits per heavy atom. The number of anilines is 1. The fraction of sp³-hybridized carbons (Fsp3) is 0.368. The van der Waals surface area contributed by atoms with E-state index in [2.05, 4.69) is 17.6 Å². The molecular formula is C19H23ClN2O2S. The summed E-state index contributed by atoms with van der Waals surface area (Å²) in [6.07, 6.45) is 4.38. The molecule has 1 aromatic heterocycles. The number of rotatable bonds is 8. The van der Waals surface area contributed by atoms with Crippen molar-refractivity contribution in [1.82, 2.24) is 5.32 Å². The van der Waals surface area contributed by atoms with E-state index >= 15 is 0 Å². The third-order valence-electron chi connectivity index (χ3n) is 3.84. The molecule has 0 saturated heterocycles. The summed E-state index contributed by atoms with van der Waals surface area (Å²) >= 11 is 7.50. The van der Waals surface area contributed by atoms with Gasteiger partial charge in [0.05, 0.1) is 15.6 Å². The van der Waals surface area contributed by atoms with Crippen LogP contribution in [0.1, 0.15) is 59.6 Å². The van der Waals surface area contributed by atoms with E-state index in [0.717, 1.165) is 19.3 Å². The van der Waals surface area contributed by atoms with Gasteiger partial charge in [0, 0.05) is 11.6 Å². The monoisotopic (exact) mass is 378 g/mol. The van der Waals surface area contributed by atoms with Crippen LogP contribution in [-0.2, 0) is 0 Å². The largest absolute Gasteiger partial charge is 0.350 e. The first-order valence-corrected chi connectivity index (χ1v) is 9.72. The van der Waals surface area contributed by atoms with Crippen LogP contribution in [0.2, 0.25) is 5.02 Å². The average Bonchev–Trinajstić information content (AvgIpc) is 3.11. The minimum Gasteiger partial charge on any atom is -0.350 e. The van der Waals surface area contributed by atoms with Gasteiger partial charge in [-0.1, -0.05) is 43.9 Å². The third-order valence-corrected chi connectivity index (χ3v) is 5.04. The Labute approximate surface area is 157 Å². The fourth-order valence-electron chi connectivity index (χ4n) is 2.43. The minimum absolute atomic E-state index is 0.110. The molecule has 0 saturated carbocycles. The Balaban J connectivity index is 2.02. The normalized spacial score (nSPS) is 11.8. The molecule has 0 aliphatic carbocycles. The summed E-state index contributed by atoms with van der Waals surface area (Å²) < 4.78 is 0. The molecule has 2 rings (SSSR count). The van der Waals surface area contributed by atoms with Crippen LogP contribution in [0.3, 0.4) is 0 Å². The lowest BCUT2D eigenvalue weighted by atomic mass is 10.1. The first-order chi connectivity index (χ1) is 12.0. The second-order valence-corrected chi connectivity index (χ2v) is 7.35. The molecule has 2 aromatic rings. The van der Waals surface area contributed by atoms with E-state index in [0.29, 0.717) is 21.2 Å². The Kier molecular flexibility index (Phi) is 7.47. The molecule has 1 heterocycles. The van der Waals surface area contributed by atoms with Gasteiger partial charge in [-0.15, -0.1) is 11.3 Å². The van der Waals surface area contributed by atoms with E-state index in [-0.39, 0.29) is 17.9 Å². The predicted molar refractivity (Wildman–Crippen MR) is 105 cm³/mol. The van der Waals surface area contributed by atoms with Crippen LogP contribution in [0.5, 0.6) is 0 Å². The summed E-state index contributed by atoms with van der Waals surface area (Å²) in [5.41, 5.74) is 0.916. The van der Waals surface area contributed by atoms with Gasteiger partial charge in [-0.05, 0) is 43.0 Å². The van der Waals surface area contributed by atoms with Crippen LogP contribution in [0.25, 0.3) is 0 Å². The standard InChI is InChI=1S/C19H23ClN2O2S/c1-3-4-5-7-13(2)21-18(23)14-9-10-15(20)16(12-14)22-19(24)17-8-6-11-25-17/h6,8-13H,3-5,7H2,1-2H3,(H,21,23)(H,22,24)/t13-/m1/s1. The molecule has 134 valence electrons. The maximum Gasteiger partial charge on any atom is 0.265 e. The first kappa shape index (κ1) is 19.5. The minimum atomic E-state index is -0.234. The molecular weight excluding hydrogens is 356 g/mol.